The van der Waals surface area contributed by atoms with Crippen molar-refractivity contribution in [3.63, 3.8) is 0 Å². The number of hydrogen-bond acceptors (Lipinski definition) is 6. The molecule has 32 heavy (non-hydrogen) atoms. The minimum absolute atomic E-state index is 0.0471. The summed E-state index contributed by atoms with van der Waals surface area (Å²) in [5, 5.41) is 16.6. The fourth-order valence-corrected chi connectivity index (χ4v) is 4.23. The van der Waals surface area contributed by atoms with E-state index in [1.165, 1.54) is 5.56 Å². The van der Waals surface area contributed by atoms with Crippen LogP contribution in [0.4, 0.5) is 11.6 Å². The molecule has 0 fully saturated rings. The molecule has 0 saturated heterocycles. The Balaban J connectivity index is 1.67. The zero-order chi connectivity index (χ0) is 22.7. The molecule has 6 nitrogen and oxygen atoms in total. The monoisotopic (exact) mass is 447 g/mol. The Labute approximate surface area is 193 Å². The summed E-state index contributed by atoms with van der Waals surface area (Å²) in [6, 6.07) is 13.7. The molecule has 4 rings (SSSR count). The number of aromatic nitrogens is 2. The second-order valence-electron chi connectivity index (χ2n) is 8.53. The van der Waals surface area contributed by atoms with E-state index < -0.39 is 0 Å². The second-order valence-corrected chi connectivity index (χ2v) is 8.97. The summed E-state index contributed by atoms with van der Waals surface area (Å²) in [5.74, 6) is 1.10. The highest BCUT2D eigenvalue weighted by molar-refractivity contribution is 6.31. The molecule has 0 amide bonds. The summed E-state index contributed by atoms with van der Waals surface area (Å²) < 4.78 is 5.85. The Morgan fingerprint density at radius 1 is 1.22 bits per heavy atom. The maximum absolute atomic E-state index is 9.71. The molecule has 1 heterocycles. The first-order chi connectivity index (χ1) is 15.4. The van der Waals surface area contributed by atoms with Gasteiger partial charge in [0.15, 0.2) is 0 Å². The van der Waals surface area contributed by atoms with Crippen LogP contribution < -0.4 is 15.4 Å². The smallest absolute Gasteiger partial charge is 0.227 e. The number of benzene rings is 2. The first kappa shape index (κ1) is 22.1. The lowest BCUT2D eigenvalue weighted by molar-refractivity contribution is 0.320. The summed E-state index contributed by atoms with van der Waals surface area (Å²) in [5.41, 5.74) is 5.53. The van der Waals surface area contributed by atoms with Crippen molar-refractivity contribution in [2.75, 3.05) is 25.5 Å². The van der Waals surface area contributed by atoms with E-state index in [1.807, 2.05) is 25.2 Å². The minimum atomic E-state index is 0.0471. The predicted molar refractivity (Wildman–Crippen MR) is 128 cm³/mol. The van der Waals surface area contributed by atoms with Gasteiger partial charge in [0.25, 0.3) is 0 Å². The number of nitrogens with zero attached hydrogens (tertiary/aromatic N) is 3. The van der Waals surface area contributed by atoms with Crippen molar-refractivity contribution < 1.29 is 4.74 Å². The van der Waals surface area contributed by atoms with Crippen molar-refractivity contribution in [2.45, 2.75) is 32.1 Å². The molecule has 1 aromatic heterocycles. The first-order valence-electron chi connectivity index (χ1n) is 10.7. The van der Waals surface area contributed by atoms with Crippen LogP contribution in [0.3, 0.4) is 0 Å². The third-order valence-electron chi connectivity index (χ3n) is 5.85. The van der Waals surface area contributed by atoms with Gasteiger partial charge in [0.05, 0.1) is 23.0 Å². The quantitative estimate of drug-likeness (QED) is 0.482. The van der Waals surface area contributed by atoms with E-state index in [4.69, 9.17) is 21.3 Å². The average molecular weight is 448 g/mol. The molecule has 0 radical (unpaired) electrons. The molecule has 7 heteroatoms. The Hall–Kier alpha value is -3.14. The normalized spacial score (nSPS) is 14.0. The van der Waals surface area contributed by atoms with Crippen LogP contribution in [0.2, 0.25) is 5.02 Å². The van der Waals surface area contributed by atoms with E-state index in [1.54, 1.807) is 18.3 Å². The van der Waals surface area contributed by atoms with E-state index in [0.29, 0.717) is 29.0 Å². The minimum Gasteiger partial charge on any atom is -0.490 e. The van der Waals surface area contributed by atoms with Crippen molar-refractivity contribution in [2.24, 2.45) is 0 Å². The number of hydrogen-bond donors (Lipinski definition) is 2. The van der Waals surface area contributed by atoms with Crippen molar-refractivity contribution in [1.82, 2.24) is 15.3 Å². The van der Waals surface area contributed by atoms with Gasteiger partial charge < -0.3 is 15.4 Å². The average Bonchev–Trinajstić information content (AvgIpc) is 3.09. The fraction of sp³-hybridized carbons (Fsp3) is 0.320. The van der Waals surface area contributed by atoms with E-state index >= 15 is 0 Å². The third-order valence-corrected chi connectivity index (χ3v) is 6.08. The van der Waals surface area contributed by atoms with Gasteiger partial charge in [-0.3, -0.25) is 0 Å². The van der Waals surface area contributed by atoms with E-state index in [-0.39, 0.29) is 5.41 Å². The SMILES string of the molecule is CNCCOc1ccc(Cl)cc1Nc1nccc(-c2cc(C#N)c3c(c2)C(C)(C)CC3)n1. The Morgan fingerprint density at radius 2 is 2.06 bits per heavy atom. The second kappa shape index (κ2) is 9.15. The molecular weight excluding hydrogens is 422 g/mol. The van der Waals surface area contributed by atoms with Gasteiger partial charge in [-0.25, -0.2) is 9.97 Å². The highest BCUT2D eigenvalue weighted by Gasteiger charge is 2.32. The number of nitriles is 1. The molecule has 1 aliphatic rings. The molecule has 1 aliphatic carbocycles. The van der Waals surface area contributed by atoms with Crippen molar-refractivity contribution in [1.29, 1.82) is 5.26 Å². The molecule has 3 aromatic rings. The molecular formula is C25H26ClN5O. The molecule has 0 saturated carbocycles. The number of ether oxygens (including phenoxy) is 1. The number of fused-ring (bicyclic) bond motifs is 1. The standard InChI is InChI=1S/C25H26ClN5O/c1-25(2)8-6-19-17(15-27)12-16(13-20(19)25)21-7-9-29-24(30-21)31-22-14-18(26)4-5-23(22)32-11-10-28-3/h4-5,7,9,12-14,28H,6,8,10-11H2,1-3H3,(H,29,30,31). The van der Waals surface area contributed by atoms with Crippen LogP contribution in [-0.2, 0) is 11.8 Å². The topological polar surface area (TPSA) is 82.9 Å². The molecule has 0 unspecified atom stereocenters. The van der Waals surface area contributed by atoms with Gasteiger partial charge in [0.2, 0.25) is 5.95 Å². The maximum atomic E-state index is 9.71. The maximum Gasteiger partial charge on any atom is 0.227 e. The number of rotatable bonds is 7. The highest BCUT2D eigenvalue weighted by Crippen LogP contribution is 2.42. The highest BCUT2D eigenvalue weighted by atomic mass is 35.5. The zero-order valence-electron chi connectivity index (χ0n) is 18.5. The first-order valence-corrected chi connectivity index (χ1v) is 11.0. The lowest BCUT2D eigenvalue weighted by atomic mass is 9.84. The molecule has 164 valence electrons. The van der Waals surface area contributed by atoms with Crippen LogP contribution in [0.5, 0.6) is 5.75 Å². The molecule has 0 aliphatic heterocycles. The van der Waals surface area contributed by atoms with E-state index in [9.17, 15) is 5.26 Å². The lowest BCUT2D eigenvalue weighted by Crippen LogP contribution is -2.16. The molecule has 0 spiro atoms. The van der Waals surface area contributed by atoms with Gasteiger partial charge in [-0.2, -0.15) is 5.26 Å². The lowest BCUT2D eigenvalue weighted by Gasteiger charge is -2.20. The Kier molecular flexibility index (Phi) is 6.31. The Bertz CT molecular complexity index is 1190. The largest absolute Gasteiger partial charge is 0.490 e. The third kappa shape index (κ3) is 4.55. The van der Waals surface area contributed by atoms with Gasteiger partial charge in [-0.1, -0.05) is 25.4 Å². The number of likely N-dealkylation sites (N-methyl/N-ethyl adjacent to an activating group) is 1. The molecule has 2 N–H and O–H groups in total. The van der Waals surface area contributed by atoms with Crippen molar-refractivity contribution in [3.8, 4) is 23.1 Å². The molecule has 0 atom stereocenters. The van der Waals surface area contributed by atoms with Gasteiger partial charge in [0, 0.05) is 23.3 Å². The summed E-state index contributed by atoms with van der Waals surface area (Å²) in [4.78, 5) is 9.08. The van der Waals surface area contributed by atoms with E-state index in [0.717, 1.165) is 41.8 Å². The number of nitrogens with one attached hydrogen (secondary N) is 2. The van der Waals surface area contributed by atoms with Crippen molar-refractivity contribution >= 4 is 23.2 Å². The summed E-state index contributed by atoms with van der Waals surface area (Å²) in [6.45, 7) is 5.70. The van der Waals surface area contributed by atoms with Crippen LogP contribution in [-0.4, -0.2) is 30.2 Å². The van der Waals surface area contributed by atoms with Crippen LogP contribution in [0, 0.1) is 11.3 Å². The zero-order valence-corrected chi connectivity index (χ0v) is 19.3. The van der Waals surface area contributed by atoms with Gasteiger partial charge >= 0.3 is 0 Å². The molecule has 2 aromatic carbocycles. The van der Waals surface area contributed by atoms with Crippen molar-refractivity contribution in [3.05, 3.63) is 64.3 Å². The Morgan fingerprint density at radius 3 is 2.84 bits per heavy atom. The summed E-state index contributed by atoms with van der Waals surface area (Å²) in [7, 11) is 1.88. The van der Waals surface area contributed by atoms with Crippen LogP contribution >= 0.6 is 11.6 Å². The number of anilines is 2. The van der Waals surface area contributed by atoms with Gasteiger partial charge in [-0.15, -0.1) is 0 Å². The summed E-state index contributed by atoms with van der Waals surface area (Å²) >= 11 is 6.21. The fourth-order valence-electron chi connectivity index (χ4n) is 4.05. The van der Waals surface area contributed by atoms with Crippen LogP contribution in [0.15, 0.2) is 42.6 Å². The molecule has 0 bridgehead atoms. The number of halogens is 1. The van der Waals surface area contributed by atoms with Gasteiger partial charge in [-0.05, 0) is 72.8 Å². The van der Waals surface area contributed by atoms with Gasteiger partial charge in [0.1, 0.15) is 12.4 Å². The van der Waals surface area contributed by atoms with Crippen LogP contribution in [0.1, 0.15) is 37.0 Å². The predicted octanol–water partition coefficient (Wildman–Crippen LogP) is 5.23. The van der Waals surface area contributed by atoms with E-state index in [2.05, 4.69) is 41.6 Å². The van der Waals surface area contributed by atoms with Crippen LogP contribution in [0.25, 0.3) is 11.3 Å². The summed E-state index contributed by atoms with van der Waals surface area (Å²) in [6.07, 6.45) is 3.69.